The van der Waals surface area contributed by atoms with Crippen LogP contribution in [0, 0.1) is 5.92 Å². The lowest BCUT2D eigenvalue weighted by Crippen LogP contribution is -2.49. The first-order valence-electron chi connectivity index (χ1n) is 13.1. The van der Waals surface area contributed by atoms with Crippen molar-refractivity contribution in [3.05, 3.63) is 35.9 Å². The Morgan fingerprint density at radius 1 is 1.09 bits per heavy atom. The van der Waals surface area contributed by atoms with E-state index < -0.39 is 16.1 Å². The molecule has 0 saturated heterocycles. The smallest absolute Gasteiger partial charge is 0.221 e. The van der Waals surface area contributed by atoms with Crippen molar-refractivity contribution in [2.24, 2.45) is 5.92 Å². The second kappa shape index (κ2) is 15.5. The number of rotatable bonds is 16. The normalized spacial score (nSPS) is 16.9. The van der Waals surface area contributed by atoms with E-state index >= 15 is 0 Å². The molecule has 1 aromatic carbocycles. The number of carbonyl (C=O) groups is 1. The summed E-state index contributed by atoms with van der Waals surface area (Å²) < 4.78 is 26.9. The molecule has 0 aromatic heterocycles. The molecule has 0 spiro atoms. The summed E-state index contributed by atoms with van der Waals surface area (Å²) in [6, 6.07) is 9.61. The summed E-state index contributed by atoms with van der Waals surface area (Å²) in [5.74, 6) is -0.0206. The fraction of sp³-hybridized carbons (Fsp3) is 0.731. The lowest BCUT2D eigenvalue weighted by molar-refractivity contribution is -0.122. The first kappa shape index (κ1) is 28.8. The standard InChI is InChI=1S/C26H45N3O4S/c1-3-16-29(17-4-2)34(32,33)18-15-26(31)28-24(19-22-11-7-5-8-12-22)25(30)21-27-20-23-13-9-6-10-14-23/h6,9-10,13-14,22,24-25,27,30H,3-5,7-8,11-12,15-21H2,1-2H3,(H,28,31)/t24-,25-/m0/s1. The van der Waals surface area contributed by atoms with E-state index in [1.54, 1.807) is 0 Å². The number of nitrogens with one attached hydrogen (secondary N) is 2. The van der Waals surface area contributed by atoms with E-state index in [9.17, 15) is 18.3 Å². The van der Waals surface area contributed by atoms with Crippen molar-refractivity contribution in [3.8, 4) is 0 Å². The highest BCUT2D eigenvalue weighted by Gasteiger charge is 2.27. The van der Waals surface area contributed by atoms with E-state index in [-0.39, 0.29) is 24.1 Å². The third-order valence-corrected chi connectivity index (χ3v) is 8.45. The number of sulfonamides is 1. The van der Waals surface area contributed by atoms with Gasteiger partial charge in [0.05, 0.1) is 17.9 Å². The second-order valence-corrected chi connectivity index (χ2v) is 11.7. The van der Waals surface area contributed by atoms with Crippen LogP contribution in [0.2, 0.25) is 0 Å². The van der Waals surface area contributed by atoms with Crippen molar-refractivity contribution >= 4 is 15.9 Å². The van der Waals surface area contributed by atoms with Gasteiger partial charge >= 0.3 is 0 Å². The predicted molar refractivity (Wildman–Crippen MR) is 138 cm³/mol. The Kier molecular flexibility index (Phi) is 13.1. The van der Waals surface area contributed by atoms with Gasteiger partial charge in [-0.25, -0.2) is 12.7 Å². The highest BCUT2D eigenvalue weighted by atomic mass is 32.2. The SMILES string of the molecule is CCCN(CCC)S(=O)(=O)CCC(=O)N[C@@H](CC1CCCCC1)[C@@H](O)CNCc1ccccc1. The minimum atomic E-state index is -3.47. The maximum atomic E-state index is 12.8. The quantitative estimate of drug-likeness (QED) is 0.326. The molecule has 0 unspecified atom stereocenters. The Bertz CT molecular complexity index is 792. The van der Waals surface area contributed by atoms with E-state index in [0.717, 1.165) is 37.7 Å². The van der Waals surface area contributed by atoms with Gasteiger partial charge in [0.15, 0.2) is 0 Å². The largest absolute Gasteiger partial charge is 0.390 e. The highest BCUT2D eigenvalue weighted by Crippen LogP contribution is 2.28. The first-order chi connectivity index (χ1) is 16.4. The molecular formula is C26H45N3O4S. The van der Waals surface area contributed by atoms with Gasteiger partial charge in [-0.15, -0.1) is 0 Å². The van der Waals surface area contributed by atoms with Crippen LogP contribution in [0.15, 0.2) is 30.3 Å². The van der Waals surface area contributed by atoms with Crippen molar-refractivity contribution in [2.75, 3.05) is 25.4 Å². The molecule has 194 valence electrons. The molecule has 2 rings (SSSR count). The number of nitrogens with zero attached hydrogens (tertiary/aromatic N) is 1. The van der Waals surface area contributed by atoms with Crippen LogP contribution in [-0.4, -0.2) is 61.3 Å². The molecule has 0 radical (unpaired) electrons. The van der Waals surface area contributed by atoms with Crippen LogP contribution < -0.4 is 10.6 Å². The predicted octanol–water partition coefficient (Wildman–Crippen LogP) is 3.43. The molecule has 1 saturated carbocycles. The summed E-state index contributed by atoms with van der Waals surface area (Å²) in [6.45, 7) is 5.88. The number of amides is 1. The number of carbonyl (C=O) groups excluding carboxylic acids is 1. The number of aliphatic hydroxyl groups excluding tert-OH is 1. The van der Waals surface area contributed by atoms with Crippen LogP contribution in [0.1, 0.15) is 77.2 Å². The van der Waals surface area contributed by atoms with Gasteiger partial charge in [0, 0.05) is 32.6 Å². The van der Waals surface area contributed by atoms with E-state index in [0.29, 0.717) is 32.1 Å². The monoisotopic (exact) mass is 495 g/mol. The Hall–Kier alpha value is -1.48. The van der Waals surface area contributed by atoms with Crippen LogP contribution in [-0.2, 0) is 21.4 Å². The molecule has 1 aliphatic carbocycles. The molecule has 8 heteroatoms. The molecule has 1 amide bonds. The van der Waals surface area contributed by atoms with Crippen LogP contribution >= 0.6 is 0 Å². The number of hydrogen-bond acceptors (Lipinski definition) is 5. The van der Waals surface area contributed by atoms with Crippen LogP contribution in [0.3, 0.4) is 0 Å². The Labute approximate surface area is 206 Å². The molecule has 0 heterocycles. The first-order valence-corrected chi connectivity index (χ1v) is 14.7. The van der Waals surface area contributed by atoms with Gasteiger partial charge in [-0.2, -0.15) is 0 Å². The van der Waals surface area contributed by atoms with E-state index in [1.165, 1.54) is 23.6 Å². The molecule has 0 bridgehead atoms. The van der Waals surface area contributed by atoms with Crippen molar-refractivity contribution in [2.45, 2.75) is 90.3 Å². The third kappa shape index (κ3) is 10.4. The van der Waals surface area contributed by atoms with Gasteiger partial charge in [0.2, 0.25) is 15.9 Å². The van der Waals surface area contributed by atoms with Gasteiger partial charge in [-0.3, -0.25) is 4.79 Å². The van der Waals surface area contributed by atoms with E-state index in [2.05, 4.69) is 10.6 Å². The fourth-order valence-electron chi connectivity index (χ4n) is 4.72. The fourth-order valence-corrected chi connectivity index (χ4v) is 6.34. The van der Waals surface area contributed by atoms with E-state index in [4.69, 9.17) is 0 Å². The van der Waals surface area contributed by atoms with Gasteiger partial charge in [-0.05, 0) is 30.7 Å². The lowest BCUT2D eigenvalue weighted by atomic mass is 9.83. The second-order valence-electron chi connectivity index (χ2n) is 9.56. The summed E-state index contributed by atoms with van der Waals surface area (Å²) in [6.07, 6.45) is 7.27. The Balaban J connectivity index is 1.92. The van der Waals surface area contributed by atoms with Crippen molar-refractivity contribution in [1.82, 2.24) is 14.9 Å². The van der Waals surface area contributed by atoms with Crippen molar-refractivity contribution in [1.29, 1.82) is 0 Å². The number of aliphatic hydroxyl groups is 1. The van der Waals surface area contributed by atoms with Crippen molar-refractivity contribution < 1.29 is 18.3 Å². The molecule has 7 nitrogen and oxygen atoms in total. The minimum absolute atomic E-state index is 0.0857. The third-order valence-electron chi connectivity index (χ3n) is 6.57. The van der Waals surface area contributed by atoms with Gasteiger partial charge in [0.25, 0.3) is 0 Å². The number of benzene rings is 1. The Morgan fingerprint density at radius 3 is 2.35 bits per heavy atom. The van der Waals surface area contributed by atoms with Crippen molar-refractivity contribution in [3.63, 3.8) is 0 Å². The Morgan fingerprint density at radius 2 is 1.74 bits per heavy atom. The molecule has 1 aromatic rings. The highest BCUT2D eigenvalue weighted by molar-refractivity contribution is 7.89. The molecule has 3 N–H and O–H groups in total. The zero-order chi connectivity index (χ0) is 24.8. The topological polar surface area (TPSA) is 98.7 Å². The lowest BCUT2D eigenvalue weighted by Gasteiger charge is -2.30. The molecule has 34 heavy (non-hydrogen) atoms. The summed E-state index contributed by atoms with van der Waals surface area (Å²) in [4.78, 5) is 12.8. The maximum absolute atomic E-state index is 12.8. The zero-order valence-electron chi connectivity index (χ0n) is 21.0. The summed E-state index contributed by atoms with van der Waals surface area (Å²) in [5.41, 5.74) is 1.14. The zero-order valence-corrected chi connectivity index (χ0v) is 21.9. The molecule has 1 fully saturated rings. The van der Waals surface area contributed by atoms with Crippen LogP contribution in [0.4, 0.5) is 0 Å². The number of hydrogen-bond donors (Lipinski definition) is 3. The minimum Gasteiger partial charge on any atom is -0.390 e. The van der Waals surface area contributed by atoms with Gasteiger partial charge < -0.3 is 15.7 Å². The van der Waals surface area contributed by atoms with Crippen LogP contribution in [0.5, 0.6) is 0 Å². The molecule has 1 aliphatic rings. The van der Waals surface area contributed by atoms with Gasteiger partial charge in [-0.1, -0.05) is 76.3 Å². The molecule has 0 aliphatic heterocycles. The summed E-state index contributed by atoms with van der Waals surface area (Å²) >= 11 is 0. The van der Waals surface area contributed by atoms with Gasteiger partial charge in [0.1, 0.15) is 0 Å². The average Bonchev–Trinajstić information content (AvgIpc) is 2.83. The summed E-state index contributed by atoms with van der Waals surface area (Å²) in [5, 5.41) is 17.2. The molecular weight excluding hydrogens is 450 g/mol. The molecule has 2 atom stereocenters. The maximum Gasteiger partial charge on any atom is 0.221 e. The van der Waals surface area contributed by atoms with E-state index in [1.807, 2.05) is 44.2 Å². The van der Waals surface area contributed by atoms with Crippen LogP contribution in [0.25, 0.3) is 0 Å². The summed E-state index contributed by atoms with van der Waals surface area (Å²) in [7, 11) is -3.47. The average molecular weight is 496 g/mol.